The van der Waals surface area contributed by atoms with Crippen LogP contribution in [0.1, 0.15) is 37.9 Å². The van der Waals surface area contributed by atoms with Gasteiger partial charge in [0.1, 0.15) is 12.3 Å². The molecule has 1 saturated heterocycles. The molecule has 2 aromatic heterocycles. The van der Waals surface area contributed by atoms with E-state index in [0.717, 1.165) is 50.0 Å². The van der Waals surface area contributed by atoms with E-state index in [1.165, 1.54) is 7.11 Å². The topological polar surface area (TPSA) is 140 Å². The van der Waals surface area contributed by atoms with E-state index in [9.17, 15) is 13.5 Å². The Morgan fingerprint density at radius 1 is 1.31 bits per heavy atom. The molecular weight excluding hydrogens is 488 g/mol. The minimum Gasteiger partial charge on any atom is -0.479 e. The molecule has 4 rings (SSSR count). The van der Waals surface area contributed by atoms with Crippen molar-refractivity contribution in [1.29, 1.82) is 0 Å². The Kier molecular flexibility index (Phi) is 8.05. The van der Waals surface area contributed by atoms with Gasteiger partial charge < -0.3 is 19.4 Å². The van der Waals surface area contributed by atoms with Gasteiger partial charge in [-0.05, 0) is 51.8 Å². The summed E-state index contributed by atoms with van der Waals surface area (Å²) < 4.78 is 39.2. The number of hydrogen-bond acceptors (Lipinski definition) is 10. The predicted octanol–water partition coefficient (Wildman–Crippen LogP) is 1.09. The quantitative estimate of drug-likeness (QED) is 0.437. The Hall–Kier alpha value is -2.45. The zero-order chi connectivity index (χ0) is 25.9. The van der Waals surface area contributed by atoms with Gasteiger partial charge in [0, 0.05) is 18.5 Å². The number of aromatic nitrogens is 3. The number of likely N-dealkylation sites (tertiary alicyclic amines) is 1. The van der Waals surface area contributed by atoms with Crippen LogP contribution in [0.3, 0.4) is 0 Å². The van der Waals surface area contributed by atoms with Crippen LogP contribution in [0.15, 0.2) is 12.3 Å². The Bertz CT molecular complexity index is 1150. The Balaban J connectivity index is 1.51. The van der Waals surface area contributed by atoms with E-state index in [1.54, 1.807) is 16.9 Å². The van der Waals surface area contributed by atoms with Gasteiger partial charge in [0.25, 0.3) is 0 Å². The summed E-state index contributed by atoms with van der Waals surface area (Å²) >= 11 is 0. The van der Waals surface area contributed by atoms with Crippen LogP contribution < -0.4 is 19.7 Å². The first-order valence-corrected chi connectivity index (χ1v) is 14.0. The van der Waals surface area contributed by atoms with Gasteiger partial charge in [-0.2, -0.15) is 5.48 Å². The Morgan fingerprint density at radius 2 is 2.06 bits per heavy atom. The minimum atomic E-state index is -3.54. The molecule has 2 aromatic rings. The van der Waals surface area contributed by atoms with Gasteiger partial charge in [0.15, 0.2) is 0 Å². The maximum Gasteiger partial charge on any atom is 0.238 e. The SMILES string of the molecule is COc1ncc(-n2nc(OCCN3CCC(C(C)(C)O)CC3)c3c2CNOCC3)cc1NS(C)(=O)=O. The van der Waals surface area contributed by atoms with Crippen molar-refractivity contribution < 1.29 is 27.8 Å². The van der Waals surface area contributed by atoms with Crippen LogP contribution >= 0.6 is 0 Å². The number of anilines is 1. The number of sulfonamides is 1. The summed E-state index contributed by atoms with van der Waals surface area (Å²) in [4.78, 5) is 12.0. The predicted molar refractivity (Wildman–Crippen MR) is 134 cm³/mol. The molecule has 0 amide bonds. The summed E-state index contributed by atoms with van der Waals surface area (Å²) in [5, 5.41) is 15.0. The summed E-state index contributed by atoms with van der Waals surface area (Å²) in [6, 6.07) is 1.63. The second-order valence-electron chi connectivity index (χ2n) is 9.80. The summed E-state index contributed by atoms with van der Waals surface area (Å²) in [6.07, 6.45) is 5.18. The van der Waals surface area contributed by atoms with Crippen LogP contribution in [0, 0.1) is 5.92 Å². The zero-order valence-electron chi connectivity index (χ0n) is 21.3. The number of piperidine rings is 1. The molecule has 200 valence electrons. The zero-order valence-corrected chi connectivity index (χ0v) is 22.1. The average molecular weight is 525 g/mol. The first kappa shape index (κ1) is 26.6. The fourth-order valence-electron chi connectivity index (χ4n) is 4.70. The van der Waals surface area contributed by atoms with Gasteiger partial charge in [0.05, 0.1) is 49.7 Å². The smallest absolute Gasteiger partial charge is 0.238 e. The molecule has 3 N–H and O–H groups in total. The average Bonchev–Trinajstić information content (AvgIpc) is 2.98. The fourth-order valence-corrected chi connectivity index (χ4v) is 5.24. The number of aliphatic hydroxyl groups is 1. The molecule has 0 spiro atoms. The van der Waals surface area contributed by atoms with Crippen molar-refractivity contribution in [3.8, 4) is 17.4 Å². The molecule has 0 bridgehead atoms. The molecule has 36 heavy (non-hydrogen) atoms. The second-order valence-corrected chi connectivity index (χ2v) is 11.6. The highest BCUT2D eigenvalue weighted by atomic mass is 32.2. The van der Waals surface area contributed by atoms with Gasteiger partial charge in [0.2, 0.25) is 21.8 Å². The molecule has 0 aliphatic carbocycles. The lowest BCUT2D eigenvalue weighted by molar-refractivity contribution is -0.0138. The van der Waals surface area contributed by atoms with Crippen LogP contribution in [0.2, 0.25) is 0 Å². The highest BCUT2D eigenvalue weighted by Crippen LogP contribution is 2.31. The van der Waals surface area contributed by atoms with Gasteiger partial charge in [-0.1, -0.05) is 0 Å². The van der Waals surface area contributed by atoms with Crippen LogP contribution in [0.5, 0.6) is 11.8 Å². The van der Waals surface area contributed by atoms with Crippen LogP contribution in [0.4, 0.5) is 5.69 Å². The molecule has 12 nitrogen and oxygen atoms in total. The molecule has 13 heteroatoms. The number of pyridine rings is 1. The van der Waals surface area contributed by atoms with E-state index in [2.05, 4.69) is 20.1 Å². The maximum atomic E-state index is 11.8. The summed E-state index contributed by atoms with van der Waals surface area (Å²) in [5.41, 5.74) is 4.85. The van der Waals surface area contributed by atoms with E-state index in [0.29, 0.717) is 43.7 Å². The van der Waals surface area contributed by atoms with Crippen molar-refractivity contribution in [2.45, 2.75) is 45.3 Å². The van der Waals surface area contributed by atoms with E-state index in [1.807, 2.05) is 13.8 Å². The lowest BCUT2D eigenvalue weighted by Crippen LogP contribution is -2.43. The van der Waals surface area contributed by atoms with Crippen molar-refractivity contribution in [3.05, 3.63) is 23.5 Å². The van der Waals surface area contributed by atoms with E-state index < -0.39 is 15.6 Å². The lowest BCUT2D eigenvalue weighted by Gasteiger charge is -2.37. The molecule has 2 aliphatic rings. The standard InChI is InChI=1S/C23H36N6O6S/c1-23(2,30)16-5-8-28(9-6-16)10-12-34-21-18-7-11-35-25-15-20(18)29(26-21)17-13-19(27-36(4,31)32)22(33-3)24-14-17/h13-14,16,25,27,30H,5-12,15H2,1-4H3. The molecular formula is C23H36N6O6S. The number of rotatable bonds is 9. The third-order valence-corrected chi connectivity index (χ3v) is 7.24. The van der Waals surface area contributed by atoms with E-state index in [4.69, 9.17) is 19.4 Å². The maximum absolute atomic E-state index is 11.8. The third-order valence-electron chi connectivity index (χ3n) is 6.65. The van der Waals surface area contributed by atoms with Gasteiger partial charge in [-0.3, -0.25) is 9.62 Å². The van der Waals surface area contributed by atoms with Gasteiger partial charge in [-0.15, -0.1) is 5.10 Å². The molecule has 4 heterocycles. The number of hydrogen-bond donors (Lipinski definition) is 3. The van der Waals surface area contributed by atoms with Gasteiger partial charge in [-0.25, -0.2) is 18.1 Å². The fraction of sp³-hybridized carbons (Fsp3) is 0.652. The lowest BCUT2D eigenvalue weighted by atomic mass is 9.83. The third kappa shape index (κ3) is 6.45. The molecule has 2 aliphatic heterocycles. The Labute approximate surface area is 211 Å². The second kappa shape index (κ2) is 10.9. The summed E-state index contributed by atoms with van der Waals surface area (Å²) in [7, 11) is -2.11. The first-order valence-electron chi connectivity index (χ1n) is 12.1. The number of ether oxygens (including phenoxy) is 2. The van der Waals surface area contributed by atoms with Gasteiger partial charge >= 0.3 is 0 Å². The normalized spacial score (nSPS) is 17.9. The van der Waals surface area contributed by atoms with Crippen molar-refractivity contribution in [2.24, 2.45) is 5.92 Å². The van der Waals surface area contributed by atoms with Crippen molar-refractivity contribution in [3.63, 3.8) is 0 Å². The molecule has 0 unspecified atom stereocenters. The Morgan fingerprint density at radius 3 is 2.72 bits per heavy atom. The first-order chi connectivity index (χ1) is 17.0. The van der Waals surface area contributed by atoms with Crippen LogP contribution in [-0.2, 0) is 27.8 Å². The number of nitrogens with zero attached hydrogens (tertiary/aromatic N) is 4. The van der Waals surface area contributed by atoms with E-state index >= 15 is 0 Å². The highest BCUT2D eigenvalue weighted by Gasteiger charge is 2.30. The monoisotopic (exact) mass is 524 g/mol. The number of hydroxylamine groups is 1. The van der Waals surface area contributed by atoms with Crippen LogP contribution in [0.25, 0.3) is 5.69 Å². The van der Waals surface area contributed by atoms with Crippen molar-refractivity contribution >= 4 is 15.7 Å². The molecule has 0 radical (unpaired) electrons. The number of methoxy groups -OCH3 is 1. The van der Waals surface area contributed by atoms with Crippen molar-refractivity contribution in [2.75, 3.05) is 50.9 Å². The van der Waals surface area contributed by atoms with Crippen molar-refractivity contribution in [1.82, 2.24) is 25.1 Å². The van der Waals surface area contributed by atoms with E-state index in [-0.39, 0.29) is 11.6 Å². The molecule has 1 fully saturated rings. The highest BCUT2D eigenvalue weighted by molar-refractivity contribution is 7.92. The summed E-state index contributed by atoms with van der Waals surface area (Å²) in [5.74, 6) is 1.000. The summed E-state index contributed by atoms with van der Waals surface area (Å²) in [6.45, 7) is 7.74. The van der Waals surface area contributed by atoms with Crippen LogP contribution in [-0.4, -0.2) is 85.0 Å². The minimum absolute atomic E-state index is 0.161. The molecule has 0 saturated carbocycles. The number of fused-ring (bicyclic) bond motifs is 1. The molecule has 0 atom stereocenters. The largest absolute Gasteiger partial charge is 0.479 e. The molecule has 0 aromatic carbocycles. The number of nitrogens with one attached hydrogen (secondary N) is 2.